The Morgan fingerprint density at radius 2 is 1.65 bits per heavy atom. The molecule has 0 saturated carbocycles. The SMILES string of the molecule is Cc1ccccc1[C@@H](NC(=O)CN(c1ccc(Cl)cc1Cl)S(C)(=O)=O)c1ccccc1. The van der Waals surface area contributed by atoms with Gasteiger partial charge in [0.15, 0.2) is 0 Å². The zero-order chi connectivity index (χ0) is 22.6. The Morgan fingerprint density at radius 1 is 1.00 bits per heavy atom. The molecule has 0 spiro atoms. The predicted molar refractivity (Wildman–Crippen MR) is 126 cm³/mol. The quantitative estimate of drug-likeness (QED) is 0.523. The lowest BCUT2D eigenvalue weighted by atomic mass is 9.95. The van der Waals surface area contributed by atoms with Crippen LogP contribution in [0.25, 0.3) is 0 Å². The lowest BCUT2D eigenvalue weighted by Gasteiger charge is -2.26. The minimum Gasteiger partial charge on any atom is -0.344 e. The second-order valence-corrected chi connectivity index (χ2v) is 9.88. The van der Waals surface area contributed by atoms with Gasteiger partial charge in [0.05, 0.1) is 23.0 Å². The molecule has 162 valence electrons. The fraction of sp³-hybridized carbons (Fsp3) is 0.174. The van der Waals surface area contributed by atoms with Crippen molar-refractivity contribution in [3.05, 3.63) is 99.5 Å². The summed E-state index contributed by atoms with van der Waals surface area (Å²) >= 11 is 12.1. The molecule has 0 aromatic heterocycles. The lowest BCUT2D eigenvalue weighted by molar-refractivity contribution is -0.120. The Bertz CT molecular complexity index is 1180. The molecule has 31 heavy (non-hydrogen) atoms. The number of hydrogen-bond donors (Lipinski definition) is 1. The lowest BCUT2D eigenvalue weighted by Crippen LogP contribution is -2.42. The van der Waals surface area contributed by atoms with E-state index in [0.29, 0.717) is 5.02 Å². The molecule has 0 aliphatic carbocycles. The number of amides is 1. The van der Waals surface area contributed by atoms with E-state index in [4.69, 9.17) is 23.2 Å². The molecule has 8 heteroatoms. The fourth-order valence-electron chi connectivity index (χ4n) is 3.30. The molecule has 0 saturated heterocycles. The molecular formula is C23H22Cl2N2O3S. The van der Waals surface area contributed by atoms with Crippen LogP contribution in [-0.2, 0) is 14.8 Å². The van der Waals surface area contributed by atoms with Crippen molar-refractivity contribution in [2.45, 2.75) is 13.0 Å². The van der Waals surface area contributed by atoms with Crippen LogP contribution < -0.4 is 9.62 Å². The van der Waals surface area contributed by atoms with Crippen molar-refractivity contribution in [3.8, 4) is 0 Å². The third-order valence-electron chi connectivity index (χ3n) is 4.80. The van der Waals surface area contributed by atoms with Gasteiger partial charge in [-0.3, -0.25) is 9.10 Å². The zero-order valence-electron chi connectivity index (χ0n) is 17.0. The third kappa shape index (κ3) is 5.79. The van der Waals surface area contributed by atoms with Crippen LogP contribution in [0.4, 0.5) is 5.69 Å². The van der Waals surface area contributed by atoms with Gasteiger partial charge in [-0.1, -0.05) is 77.8 Å². The molecule has 3 aromatic rings. The monoisotopic (exact) mass is 476 g/mol. The number of benzene rings is 3. The van der Waals surface area contributed by atoms with Crippen LogP contribution in [0.15, 0.2) is 72.8 Å². The molecule has 0 fully saturated rings. The Hall–Kier alpha value is -2.54. The maximum absolute atomic E-state index is 13.0. The molecule has 0 aliphatic heterocycles. The van der Waals surface area contributed by atoms with Crippen LogP contribution in [0.3, 0.4) is 0 Å². The molecule has 0 bridgehead atoms. The molecular weight excluding hydrogens is 455 g/mol. The maximum atomic E-state index is 13.0. The van der Waals surface area contributed by atoms with E-state index in [1.165, 1.54) is 18.2 Å². The van der Waals surface area contributed by atoms with Gasteiger partial charge in [-0.2, -0.15) is 0 Å². The van der Waals surface area contributed by atoms with E-state index in [2.05, 4.69) is 5.32 Å². The first-order valence-corrected chi connectivity index (χ1v) is 12.1. The highest BCUT2D eigenvalue weighted by Gasteiger charge is 2.25. The van der Waals surface area contributed by atoms with E-state index in [1.54, 1.807) is 0 Å². The van der Waals surface area contributed by atoms with E-state index in [1.807, 2.05) is 61.5 Å². The van der Waals surface area contributed by atoms with Gasteiger partial charge < -0.3 is 5.32 Å². The van der Waals surface area contributed by atoms with Gasteiger partial charge in [0.25, 0.3) is 0 Å². The number of anilines is 1. The number of carbonyl (C=O) groups excluding carboxylic acids is 1. The smallest absolute Gasteiger partial charge is 0.241 e. The Morgan fingerprint density at radius 3 is 2.26 bits per heavy atom. The predicted octanol–water partition coefficient (Wildman–Crippen LogP) is 4.97. The largest absolute Gasteiger partial charge is 0.344 e. The summed E-state index contributed by atoms with van der Waals surface area (Å²) in [5.74, 6) is -0.464. The number of rotatable bonds is 7. The van der Waals surface area contributed by atoms with Crippen LogP contribution >= 0.6 is 23.2 Å². The average molecular weight is 477 g/mol. The van der Waals surface area contributed by atoms with E-state index in [-0.39, 0.29) is 10.7 Å². The van der Waals surface area contributed by atoms with Crippen molar-refractivity contribution in [3.63, 3.8) is 0 Å². The van der Waals surface area contributed by atoms with Crippen LogP contribution in [0.2, 0.25) is 10.0 Å². The Kier molecular flexibility index (Phi) is 7.26. The van der Waals surface area contributed by atoms with Gasteiger partial charge in [0, 0.05) is 5.02 Å². The Labute approximate surface area is 192 Å². The molecule has 1 amide bonds. The number of hydrogen-bond acceptors (Lipinski definition) is 3. The highest BCUT2D eigenvalue weighted by Crippen LogP contribution is 2.30. The summed E-state index contributed by atoms with van der Waals surface area (Å²) in [6.07, 6.45) is 1.03. The second-order valence-electron chi connectivity index (χ2n) is 7.13. The summed E-state index contributed by atoms with van der Waals surface area (Å²) in [5.41, 5.74) is 3.02. The summed E-state index contributed by atoms with van der Waals surface area (Å²) in [4.78, 5) is 13.0. The number of nitrogens with zero attached hydrogens (tertiary/aromatic N) is 1. The fourth-order valence-corrected chi connectivity index (χ4v) is 4.73. The van der Waals surface area contributed by atoms with Crippen molar-refractivity contribution in [1.82, 2.24) is 5.32 Å². The summed E-state index contributed by atoms with van der Waals surface area (Å²) in [7, 11) is -3.78. The van der Waals surface area contributed by atoms with Crippen molar-refractivity contribution < 1.29 is 13.2 Å². The molecule has 0 radical (unpaired) electrons. The van der Waals surface area contributed by atoms with E-state index in [0.717, 1.165) is 27.3 Å². The van der Waals surface area contributed by atoms with Gasteiger partial charge in [0.2, 0.25) is 15.9 Å². The van der Waals surface area contributed by atoms with E-state index in [9.17, 15) is 13.2 Å². The number of nitrogens with one attached hydrogen (secondary N) is 1. The summed E-state index contributed by atoms with van der Waals surface area (Å²) < 4.78 is 25.9. The van der Waals surface area contributed by atoms with Crippen molar-refractivity contribution in [2.75, 3.05) is 17.1 Å². The molecule has 1 atom stereocenters. The van der Waals surface area contributed by atoms with Gasteiger partial charge >= 0.3 is 0 Å². The van der Waals surface area contributed by atoms with Crippen molar-refractivity contribution >= 4 is 44.8 Å². The number of carbonyl (C=O) groups is 1. The number of sulfonamides is 1. The summed E-state index contributed by atoms with van der Waals surface area (Å²) in [6.45, 7) is 1.54. The topological polar surface area (TPSA) is 66.5 Å². The molecule has 3 rings (SSSR count). The highest BCUT2D eigenvalue weighted by atomic mass is 35.5. The number of halogens is 2. The van der Waals surface area contributed by atoms with Crippen LogP contribution in [0.5, 0.6) is 0 Å². The minimum absolute atomic E-state index is 0.143. The summed E-state index contributed by atoms with van der Waals surface area (Å²) in [6, 6.07) is 21.3. The average Bonchev–Trinajstić information content (AvgIpc) is 2.71. The van der Waals surface area contributed by atoms with Gasteiger partial charge in [-0.25, -0.2) is 8.42 Å². The first-order valence-electron chi connectivity index (χ1n) is 9.49. The van der Waals surface area contributed by atoms with Crippen LogP contribution in [0, 0.1) is 6.92 Å². The van der Waals surface area contributed by atoms with E-state index < -0.39 is 28.5 Å². The van der Waals surface area contributed by atoms with E-state index >= 15 is 0 Å². The first kappa shape index (κ1) is 23.1. The minimum atomic E-state index is -3.78. The van der Waals surface area contributed by atoms with Crippen LogP contribution in [-0.4, -0.2) is 27.1 Å². The van der Waals surface area contributed by atoms with Gasteiger partial charge in [0.1, 0.15) is 6.54 Å². The van der Waals surface area contributed by atoms with Crippen molar-refractivity contribution in [2.24, 2.45) is 0 Å². The molecule has 5 nitrogen and oxygen atoms in total. The molecule has 0 heterocycles. The Balaban J connectivity index is 1.93. The highest BCUT2D eigenvalue weighted by molar-refractivity contribution is 7.92. The number of aryl methyl sites for hydroxylation is 1. The third-order valence-corrected chi connectivity index (χ3v) is 6.47. The maximum Gasteiger partial charge on any atom is 0.241 e. The molecule has 0 unspecified atom stereocenters. The van der Waals surface area contributed by atoms with Gasteiger partial charge in [-0.05, 0) is 41.8 Å². The molecule has 1 N–H and O–H groups in total. The second kappa shape index (κ2) is 9.73. The normalized spacial score (nSPS) is 12.3. The van der Waals surface area contributed by atoms with Gasteiger partial charge in [-0.15, -0.1) is 0 Å². The zero-order valence-corrected chi connectivity index (χ0v) is 19.4. The summed E-state index contributed by atoms with van der Waals surface area (Å²) in [5, 5.41) is 3.49. The molecule has 3 aromatic carbocycles. The standard InChI is InChI=1S/C23H22Cl2N2O3S/c1-16-8-6-7-11-19(16)23(17-9-4-3-5-10-17)26-22(28)15-27(31(2,29)30)21-13-12-18(24)14-20(21)25/h3-14,23H,15H2,1-2H3,(H,26,28)/t23-/m0/s1. The van der Waals surface area contributed by atoms with Crippen molar-refractivity contribution in [1.29, 1.82) is 0 Å². The van der Waals surface area contributed by atoms with Crippen LogP contribution in [0.1, 0.15) is 22.7 Å². The first-order chi connectivity index (χ1) is 14.7. The molecule has 0 aliphatic rings.